The zero-order valence-corrected chi connectivity index (χ0v) is 22.1. The summed E-state index contributed by atoms with van der Waals surface area (Å²) in [6.45, 7) is 2.93. The van der Waals surface area contributed by atoms with Crippen LogP contribution in [-0.2, 0) is 20.8 Å². The molecule has 3 heterocycles. The van der Waals surface area contributed by atoms with Crippen LogP contribution in [0.1, 0.15) is 31.0 Å². The monoisotopic (exact) mass is 546 g/mol. The molecule has 1 aliphatic rings. The van der Waals surface area contributed by atoms with Crippen molar-refractivity contribution in [3.63, 3.8) is 0 Å². The summed E-state index contributed by atoms with van der Waals surface area (Å²) in [5, 5.41) is 15.0. The smallest absolute Gasteiger partial charge is 0.230 e. The first-order chi connectivity index (χ1) is 19.4. The van der Waals surface area contributed by atoms with Crippen molar-refractivity contribution in [3.05, 3.63) is 84.1 Å². The van der Waals surface area contributed by atoms with Crippen molar-refractivity contribution in [2.24, 2.45) is 5.41 Å². The van der Waals surface area contributed by atoms with E-state index in [1.807, 2.05) is 30.3 Å². The largest absolute Gasteiger partial charge is 0.396 e. The molecule has 40 heavy (non-hydrogen) atoms. The molecule has 2 aromatic heterocycles. The minimum atomic E-state index is -0.882. The van der Waals surface area contributed by atoms with Crippen LogP contribution in [0, 0.1) is 11.2 Å². The second-order valence-electron chi connectivity index (χ2n) is 9.80. The van der Waals surface area contributed by atoms with E-state index in [-0.39, 0.29) is 31.5 Å². The molecule has 0 radical (unpaired) electrons. The summed E-state index contributed by atoms with van der Waals surface area (Å²) >= 11 is 0. The molecule has 1 aliphatic heterocycles. The first-order valence-corrected chi connectivity index (χ1v) is 13.0. The maximum atomic E-state index is 13.7. The number of H-pyrrole nitrogens is 1. The van der Waals surface area contributed by atoms with Gasteiger partial charge in [-0.05, 0) is 49.2 Å². The number of imidazole rings is 1. The first kappa shape index (κ1) is 27.4. The Bertz CT molecular complexity index is 1420. The number of benzene rings is 2. The van der Waals surface area contributed by atoms with E-state index in [9.17, 15) is 9.18 Å². The molecule has 2 aromatic carbocycles. The number of hydrogen-bond donors (Lipinski definition) is 4. The molecule has 4 aromatic rings. The van der Waals surface area contributed by atoms with E-state index >= 15 is 0 Å². The predicted molar refractivity (Wildman–Crippen MR) is 146 cm³/mol. The van der Waals surface area contributed by atoms with Gasteiger partial charge in [0.15, 0.2) is 5.82 Å². The van der Waals surface area contributed by atoms with Crippen LogP contribution < -0.4 is 10.6 Å². The van der Waals surface area contributed by atoms with Gasteiger partial charge in [-0.25, -0.2) is 19.3 Å². The van der Waals surface area contributed by atoms with Crippen LogP contribution >= 0.6 is 0 Å². The lowest BCUT2D eigenvalue weighted by Crippen LogP contribution is -2.48. The molecule has 4 N–H and O–H groups in total. The predicted octanol–water partition coefficient (Wildman–Crippen LogP) is 3.84. The van der Waals surface area contributed by atoms with Crippen molar-refractivity contribution in [1.82, 2.24) is 25.3 Å². The van der Waals surface area contributed by atoms with Crippen LogP contribution in [0.15, 0.2) is 66.9 Å². The molecule has 1 fully saturated rings. The first-order valence-electron chi connectivity index (χ1n) is 13.0. The summed E-state index contributed by atoms with van der Waals surface area (Å²) in [5.74, 6) is 0.277. The topological polar surface area (TPSA) is 134 Å². The quantitative estimate of drug-likeness (QED) is 0.221. The van der Waals surface area contributed by atoms with Gasteiger partial charge >= 0.3 is 0 Å². The molecule has 10 nitrogen and oxygen atoms in total. The number of ether oxygens (including phenoxy) is 2. The Labute approximate surface area is 231 Å². The third-order valence-corrected chi connectivity index (χ3v) is 6.54. The van der Waals surface area contributed by atoms with Gasteiger partial charge in [-0.3, -0.25) is 4.79 Å². The summed E-state index contributed by atoms with van der Waals surface area (Å²) in [7, 11) is 0. The second kappa shape index (κ2) is 12.3. The van der Waals surface area contributed by atoms with E-state index in [1.165, 1.54) is 12.1 Å². The number of halogens is 1. The molecule has 208 valence electrons. The van der Waals surface area contributed by atoms with Crippen LogP contribution in [0.5, 0.6) is 0 Å². The number of nitrogens with zero attached hydrogens (tertiary/aromatic N) is 3. The zero-order valence-electron chi connectivity index (χ0n) is 22.1. The van der Waals surface area contributed by atoms with Gasteiger partial charge in [-0.15, -0.1) is 0 Å². The van der Waals surface area contributed by atoms with Gasteiger partial charge in [0.25, 0.3) is 0 Å². The normalized spacial score (nSPS) is 18.8. The summed E-state index contributed by atoms with van der Waals surface area (Å²) in [6, 6.07) is 17.7. The summed E-state index contributed by atoms with van der Waals surface area (Å²) < 4.78 is 25.6. The Balaban J connectivity index is 1.38. The molecule has 11 heteroatoms. The number of anilines is 1. The Morgan fingerprint density at radius 2 is 1.85 bits per heavy atom. The third kappa shape index (κ3) is 6.33. The molecule has 0 spiro atoms. The number of aliphatic hydroxyl groups excluding tert-OH is 1. The standard InChI is InChI=1S/C29H31FN6O4/c1-29(27(38)31-13-5-15-37)17-39-26(40-18-29)25-35-23(20-8-10-21(30)11-9-20)24(36-25)22-12-14-32-28(34-22)33-16-19-6-3-2-4-7-19/h2-4,6-12,14,26,37H,5,13,15-18H2,1H3,(H,31,38)(H,35,36)(H,32,33,34). The van der Waals surface area contributed by atoms with Gasteiger partial charge in [0, 0.05) is 31.5 Å². The van der Waals surface area contributed by atoms with E-state index in [1.54, 1.807) is 31.3 Å². The zero-order chi connectivity index (χ0) is 28.0. The number of aliphatic hydroxyl groups is 1. The number of carbonyl (C=O) groups excluding carboxylic acids is 1. The average molecular weight is 547 g/mol. The fourth-order valence-electron chi connectivity index (χ4n) is 4.26. The van der Waals surface area contributed by atoms with Gasteiger partial charge in [-0.1, -0.05) is 30.3 Å². The van der Waals surface area contributed by atoms with Crippen molar-refractivity contribution >= 4 is 11.9 Å². The lowest BCUT2D eigenvalue weighted by Gasteiger charge is -2.35. The van der Waals surface area contributed by atoms with E-state index < -0.39 is 11.7 Å². The highest BCUT2D eigenvalue weighted by molar-refractivity contribution is 5.82. The van der Waals surface area contributed by atoms with Crippen LogP contribution in [0.25, 0.3) is 22.6 Å². The van der Waals surface area contributed by atoms with E-state index in [2.05, 4.69) is 25.6 Å². The minimum Gasteiger partial charge on any atom is -0.396 e. The highest BCUT2D eigenvalue weighted by Gasteiger charge is 2.40. The van der Waals surface area contributed by atoms with Gasteiger partial charge < -0.3 is 30.2 Å². The molecule has 0 atom stereocenters. The Morgan fingerprint density at radius 1 is 1.10 bits per heavy atom. The number of carbonyl (C=O) groups is 1. The van der Waals surface area contributed by atoms with Crippen LogP contribution in [0.4, 0.5) is 10.3 Å². The fraction of sp³-hybridized carbons (Fsp3) is 0.310. The fourth-order valence-corrected chi connectivity index (χ4v) is 4.26. The third-order valence-electron chi connectivity index (χ3n) is 6.54. The van der Waals surface area contributed by atoms with Crippen molar-refractivity contribution in [2.75, 3.05) is 31.7 Å². The second-order valence-corrected chi connectivity index (χ2v) is 9.80. The Kier molecular flexibility index (Phi) is 8.44. The Morgan fingerprint density at radius 3 is 2.58 bits per heavy atom. The molecular formula is C29H31FN6O4. The summed E-state index contributed by atoms with van der Waals surface area (Å²) in [6.07, 6.45) is 1.28. The number of aromatic nitrogens is 4. The number of hydrogen-bond acceptors (Lipinski definition) is 8. The summed E-state index contributed by atoms with van der Waals surface area (Å²) in [5.41, 5.74) is 2.60. The maximum Gasteiger partial charge on any atom is 0.230 e. The van der Waals surface area contributed by atoms with Crippen LogP contribution in [0.3, 0.4) is 0 Å². The van der Waals surface area contributed by atoms with Crippen LogP contribution in [-0.4, -0.2) is 57.3 Å². The molecule has 0 saturated carbocycles. The average Bonchev–Trinajstić information content (AvgIpc) is 3.43. The molecule has 1 amide bonds. The van der Waals surface area contributed by atoms with Crippen molar-refractivity contribution in [2.45, 2.75) is 26.2 Å². The molecule has 5 rings (SSSR count). The SMILES string of the molecule is CC1(C(=O)NCCCO)COC(c2nc(-c3ccc(F)cc3)c(-c3ccnc(NCc4ccccc4)n3)[nH]2)OC1. The van der Waals surface area contributed by atoms with E-state index in [0.717, 1.165) is 5.56 Å². The highest BCUT2D eigenvalue weighted by Crippen LogP contribution is 2.35. The lowest BCUT2D eigenvalue weighted by atomic mass is 9.91. The maximum absolute atomic E-state index is 13.7. The molecule has 0 unspecified atom stereocenters. The van der Waals surface area contributed by atoms with Crippen LogP contribution in [0.2, 0.25) is 0 Å². The van der Waals surface area contributed by atoms with Gasteiger partial charge in [0.2, 0.25) is 18.1 Å². The molecule has 1 saturated heterocycles. The van der Waals surface area contributed by atoms with E-state index in [4.69, 9.17) is 19.6 Å². The number of aromatic amines is 1. The molecular weight excluding hydrogens is 515 g/mol. The molecule has 0 bridgehead atoms. The lowest BCUT2D eigenvalue weighted by molar-refractivity contribution is -0.231. The number of amides is 1. The van der Waals surface area contributed by atoms with E-state index in [0.29, 0.717) is 53.9 Å². The number of rotatable bonds is 10. The van der Waals surface area contributed by atoms with Crippen molar-refractivity contribution < 1.29 is 23.8 Å². The number of nitrogens with one attached hydrogen (secondary N) is 3. The van der Waals surface area contributed by atoms with Crippen molar-refractivity contribution in [3.8, 4) is 22.6 Å². The highest BCUT2D eigenvalue weighted by atomic mass is 19.1. The van der Waals surface area contributed by atoms with Gasteiger partial charge in [0.05, 0.1) is 35.7 Å². The molecule has 0 aliphatic carbocycles. The minimum absolute atomic E-state index is 0.000199. The van der Waals surface area contributed by atoms with Gasteiger partial charge in [0.1, 0.15) is 5.82 Å². The summed E-state index contributed by atoms with van der Waals surface area (Å²) in [4.78, 5) is 29.7. The van der Waals surface area contributed by atoms with Gasteiger partial charge in [-0.2, -0.15) is 0 Å². The van der Waals surface area contributed by atoms with Crippen molar-refractivity contribution in [1.29, 1.82) is 0 Å². The Hall–Kier alpha value is -4.19.